The molecule has 0 aromatic carbocycles. The van der Waals surface area contributed by atoms with E-state index in [0.29, 0.717) is 34.2 Å². The second-order valence-electron chi connectivity index (χ2n) is 14.5. The van der Waals surface area contributed by atoms with Gasteiger partial charge in [0, 0.05) is 6.92 Å². The maximum absolute atomic E-state index is 11.7. The minimum absolute atomic E-state index is 0.00370. The number of aliphatic hydroxyl groups is 1. The molecule has 4 heteroatoms. The monoisotopic (exact) mass is 458 g/mol. The van der Waals surface area contributed by atoms with Gasteiger partial charge in [-0.3, -0.25) is 4.79 Å². The Morgan fingerprint density at radius 3 is 2.39 bits per heavy atom. The van der Waals surface area contributed by atoms with E-state index in [9.17, 15) is 9.90 Å². The molecule has 5 aliphatic carbocycles. The van der Waals surface area contributed by atoms with Gasteiger partial charge in [0.15, 0.2) is 0 Å². The molecule has 5 saturated carbocycles. The van der Waals surface area contributed by atoms with Gasteiger partial charge in [-0.2, -0.15) is 0 Å². The molecular weight excluding hydrogens is 412 g/mol. The van der Waals surface area contributed by atoms with Crippen molar-refractivity contribution in [3.05, 3.63) is 0 Å². The van der Waals surface area contributed by atoms with Crippen molar-refractivity contribution in [1.82, 2.24) is 0 Å². The minimum Gasteiger partial charge on any atom is -0.457 e. The first-order valence-corrected chi connectivity index (χ1v) is 13.9. The lowest BCUT2D eigenvalue weighted by Gasteiger charge is -2.59. The molecule has 33 heavy (non-hydrogen) atoms. The summed E-state index contributed by atoms with van der Waals surface area (Å²) >= 11 is 0. The molecule has 10 atom stereocenters. The van der Waals surface area contributed by atoms with Crippen LogP contribution in [-0.2, 0) is 14.3 Å². The number of hydrogen-bond donors (Lipinski definition) is 1. The zero-order chi connectivity index (χ0) is 23.6. The van der Waals surface area contributed by atoms with E-state index < -0.39 is 5.60 Å². The van der Waals surface area contributed by atoms with Gasteiger partial charge in [-0.15, -0.1) is 0 Å². The Kier molecular flexibility index (Phi) is 4.69. The van der Waals surface area contributed by atoms with E-state index in [0.717, 1.165) is 24.7 Å². The molecule has 1 heterocycles. The second-order valence-corrected chi connectivity index (χ2v) is 14.5. The molecule has 1 saturated heterocycles. The minimum atomic E-state index is -0.556. The second kappa shape index (κ2) is 6.78. The van der Waals surface area contributed by atoms with Crippen molar-refractivity contribution in [2.45, 2.75) is 130 Å². The zero-order valence-electron chi connectivity index (χ0n) is 21.8. The van der Waals surface area contributed by atoms with E-state index >= 15 is 0 Å². The third-order valence-electron chi connectivity index (χ3n) is 12.7. The van der Waals surface area contributed by atoms with Gasteiger partial charge in [0.1, 0.15) is 5.60 Å². The highest BCUT2D eigenvalue weighted by molar-refractivity contribution is 5.66. The summed E-state index contributed by atoms with van der Waals surface area (Å²) in [7, 11) is 0. The summed E-state index contributed by atoms with van der Waals surface area (Å²) in [5.74, 6) is 2.75. The number of rotatable bonds is 2. The first-order chi connectivity index (χ1) is 15.4. The number of carbonyl (C=O) groups is 1. The average molecular weight is 459 g/mol. The first kappa shape index (κ1) is 22.8. The Balaban J connectivity index is 1.25. The van der Waals surface area contributed by atoms with Crippen molar-refractivity contribution in [2.75, 3.05) is 0 Å². The number of carbonyl (C=O) groups excluding carboxylic acids is 1. The van der Waals surface area contributed by atoms with E-state index in [4.69, 9.17) is 9.47 Å². The maximum Gasteiger partial charge on any atom is 0.303 e. The van der Waals surface area contributed by atoms with Crippen LogP contribution in [0.25, 0.3) is 0 Å². The molecule has 0 aromatic heterocycles. The van der Waals surface area contributed by atoms with Crippen LogP contribution in [0.5, 0.6) is 0 Å². The third-order valence-corrected chi connectivity index (χ3v) is 12.7. The molecule has 1 aliphatic heterocycles. The first-order valence-electron chi connectivity index (χ1n) is 13.9. The van der Waals surface area contributed by atoms with Gasteiger partial charge in [-0.05, 0) is 123 Å². The Hall–Kier alpha value is -0.610. The Morgan fingerprint density at radius 1 is 0.939 bits per heavy atom. The van der Waals surface area contributed by atoms with Gasteiger partial charge in [0.25, 0.3) is 0 Å². The standard InChI is InChI=1S/C29H46O4/c1-17(30)33-26(4,5)24-10-8-19-21(32-24)15-20-18-7-9-22-25(2,3)23(31)11-12-29(22)16-28(18,29)14-13-27(19,20)6/h18-24,31H,7-16H2,1-6H3. The highest BCUT2D eigenvalue weighted by Gasteiger charge is 2.80. The SMILES string of the molecule is CC(=O)OC(C)(C)C1CCC2C(CC3C4CCC5C(C)(C)C(O)CCC56CC46CCC23C)O1. The van der Waals surface area contributed by atoms with Crippen LogP contribution in [0.4, 0.5) is 0 Å². The molecule has 6 fully saturated rings. The van der Waals surface area contributed by atoms with Gasteiger partial charge in [0.2, 0.25) is 0 Å². The smallest absolute Gasteiger partial charge is 0.303 e. The largest absolute Gasteiger partial charge is 0.457 e. The highest BCUT2D eigenvalue weighted by atomic mass is 16.6. The van der Waals surface area contributed by atoms with Crippen LogP contribution < -0.4 is 0 Å². The molecule has 0 aromatic rings. The van der Waals surface area contributed by atoms with Gasteiger partial charge in [0.05, 0.1) is 18.3 Å². The molecule has 0 bridgehead atoms. The highest BCUT2D eigenvalue weighted by Crippen LogP contribution is 2.87. The molecule has 0 radical (unpaired) electrons. The topological polar surface area (TPSA) is 55.8 Å². The molecule has 0 amide bonds. The summed E-state index contributed by atoms with van der Waals surface area (Å²) in [6.07, 6.45) is 12.7. The third kappa shape index (κ3) is 2.80. The lowest BCUT2D eigenvalue weighted by Crippen LogP contribution is -2.54. The summed E-state index contributed by atoms with van der Waals surface area (Å²) in [5, 5.41) is 10.8. The van der Waals surface area contributed by atoms with Crippen molar-refractivity contribution in [2.24, 2.45) is 45.3 Å². The van der Waals surface area contributed by atoms with Gasteiger partial charge >= 0.3 is 5.97 Å². The summed E-state index contributed by atoms with van der Waals surface area (Å²) in [5.41, 5.74) is 0.961. The van der Waals surface area contributed by atoms with E-state index in [1.807, 2.05) is 13.8 Å². The van der Waals surface area contributed by atoms with Crippen LogP contribution in [0.3, 0.4) is 0 Å². The average Bonchev–Trinajstić information content (AvgIpc) is 3.30. The number of hydrogen-bond acceptors (Lipinski definition) is 4. The van der Waals surface area contributed by atoms with Crippen LogP contribution in [0.2, 0.25) is 0 Å². The lowest BCUT2D eigenvalue weighted by molar-refractivity contribution is -0.192. The predicted octanol–water partition coefficient (Wildman–Crippen LogP) is 5.90. The summed E-state index contributed by atoms with van der Waals surface area (Å²) in [6, 6.07) is 0. The number of esters is 1. The fraction of sp³-hybridized carbons (Fsp3) is 0.966. The number of ether oxygens (including phenoxy) is 2. The molecule has 6 rings (SSSR count). The van der Waals surface area contributed by atoms with Crippen molar-refractivity contribution in [3.63, 3.8) is 0 Å². The van der Waals surface area contributed by atoms with Crippen LogP contribution in [0.15, 0.2) is 0 Å². The van der Waals surface area contributed by atoms with E-state index in [1.165, 1.54) is 58.3 Å². The fourth-order valence-corrected chi connectivity index (χ4v) is 11.2. The number of fused-ring (bicyclic) bond motifs is 4. The zero-order valence-corrected chi connectivity index (χ0v) is 21.8. The molecule has 6 aliphatic rings. The van der Waals surface area contributed by atoms with Crippen molar-refractivity contribution < 1.29 is 19.4 Å². The molecule has 10 unspecified atom stereocenters. The molecule has 186 valence electrons. The van der Waals surface area contributed by atoms with Gasteiger partial charge in [-0.1, -0.05) is 20.8 Å². The van der Waals surface area contributed by atoms with E-state index in [2.05, 4.69) is 20.8 Å². The number of aliphatic hydroxyl groups excluding tert-OH is 1. The van der Waals surface area contributed by atoms with Gasteiger partial charge in [-0.25, -0.2) is 0 Å². The molecular formula is C29H46O4. The van der Waals surface area contributed by atoms with Crippen LogP contribution in [0, 0.1) is 45.3 Å². The summed E-state index contributed by atoms with van der Waals surface area (Å²) in [4.78, 5) is 11.7. The summed E-state index contributed by atoms with van der Waals surface area (Å²) < 4.78 is 12.5. The predicted molar refractivity (Wildman–Crippen MR) is 127 cm³/mol. The van der Waals surface area contributed by atoms with E-state index in [1.54, 1.807) is 0 Å². The Morgan fingerprint density at radius 2 is 1.67 bits per heavy atom. The summed E-state index contributed by atoms with van der Waals surface area (Å²) in [6.45, 7) is 12.9. The quantitative estimate of drug-likeness (QED) is 0.524. The van der Waals surface area contributed by atoms with Crippen LogP contribution in [-0.4, -0.2) is 35.0 Å². The molecule has 2 spiro atoms. The maximum atomic E-state index is 11.7. The van der Waals surface area contributed by atoms with Crippen molar-refractivity contribution in [1.29, 1.82) is 0 Å². The van der Waals surface area contributed by atoms with Crippen LogP contribution in [0.1, 0.15) is 106 Å². The lowest BCUT2D eigenvalue weighted by atomic mass is 9.46. The van der Waals surface area contributed by atoms with Crippen molar-refractivity contribution in [3.8, 4) is 0 Å². The molecule has 4 nitrogen and oxygen atoms in total. The van der Waals surface area contributed by atoms with E-state index in [-0.39, 0.29) is 23.6 Å². The van der Waals surface area contributed by atoms with Crippen LogP contribution >= 0.6 is 0 Å². The van der Waals surface area contributed by atoms with Gasteiger partial charge < -0.3 is 14.6 Å². The fourth-order valence-electron chi connectivity index (χ4n) is 11.2. The Bertz CT molecular complexity index is 849. The van der Waals surface area contributed by atoms with Crippen molar-refractivity contribution >= 4 is 5.97 Å². The molecule has 1 N–H and O–H groups in total. The normalized spacial score (nSPS) is 54.2. The Labute approximate surface area is 200 Å².